The zero-order valence-electron chi connectivity index (χ0n) is 13.2. The second-order valence-electron chi connectivity index (χ2n) is 4.92. The molecule has 128 valence electrons. The first kappa shape index (κ1) is 18.8. The Kier molecular flexibility index (Phi) is 6.38. The van der Waals surface area contributed by atoms with Crippen molar-refractivity contribution in [3.63, 3.8) is 0 Å². The quantitative estimate of drug-likeness (QED) is 0.526. The summed E-state index contributed by atoms with van der Waals surface area (Å²) in [6, 6.07) is 3.33. The molecular formula is C14H20N2O6S. The number of rotatable bonds is 7. The number of nitrogen functional groups attached to an aromatic ring is 1. The normalized spacial score (nSPS) is 12.3. The molecule has 0 heterocycles. The molecular weight excluding hydrogens is 324 g/mol. The third kappa shape index (κ3) is 5.78. The Hall–Kier alpha value is -2.29. The van der Waals surface area contributed by atoms with Gasteiger partial charge in [-0.25, -0.2) is 13.2 Å². The summed E-state index contributed by atoms with van der Waals surface area (Å²) in [4.78, 5) is 23.9. The molecule has 9 heteroatoms. The number of hydrogen-bond acceptors (Lipinski definition) is 7. The molecule has 0 unspecified atom stereocenters. The number of methoxy groups -OCH3 is 2. The Morgan fingerprint density at radius 3 is 2.48 bits per heavy atom. The fraction of sp³-hybridized carbons (Fsp3) is 0.429. The number of anilines is 1. The second kappa shape index (κ2) is 7.82. The second-order valence-corrected chi connectivity index (χ2v) is 7.18. The predicted molar refractivity (Wildman–Crippen MR) is 85.0 cm³/mol. The van der Waals surface area contributed by atoms with Crippen LogP contribution in [0.4, 0.5) is 5.69 Å². The molecule has 0 bridgehead atoms. The smallest absolute Gasteiger partial charge is 0.328 e. The minimum absolute atomic E-state index is 0.0800. The van der Waals surface area contributed by atoms with E-state index in [1.165, 1.54) is 25.3 Å². The van der Waals surface area contributed by atoms with Gasteiger partial charge < -0.3 is 20.5 Å². The van der Waals surface area contributed by atoms with Gasteiger partial charge in [0, 0.05) is 11.8 Å². The molecule has 3 N–H and O–H groups in total. The minimum Gasteiger partial charge on any atom is -0.495 e. The van der Waals surface area contributed by atoms with Gasteiger partial charge in [0.1, 0.15) is 21.6 Å². The van der Waals surface area contributed by atoms with Gasteiger partial charge in [-0.1, -0.05) is 0 Å². The van der Waals surface area contributed by atoms with Crippen LogP contribution in [0.3, 0.4) is 0 Å². The van der Waals surface area contributed by atoms with Crippen LogP contribution in [0.2, 0.25) is 0 Å². The van der Waals surface area contributed by atoms with E-state index in [-0.39, 0.29) is 17.7 Å². The van der Waals surface area contributed by atoms with Crippen LogP contribution in [0, 0.1) is 0 Å². The molecule has 0 aliphatic rings. The average Bonchev–Trinajstić information content (AvgIpc) is 2.49. The van der Waals surface area contributed by atoms with E-state index in [9.17, 15) is 18.0 Å². The molecule has 23 heavy (non-hydrogen) atoms. The summed E-state index contributed by atoms with van der Waals surface area (Å²) in [6.07, 6.45) is 0.970. The number of sulfone groups is 1. The van der Waals surface area contributed by atoms with Crippen molar-refractivity contribution in [3.8, 4) is 5.75 Å². The van der Waals surface area contributed by atoms with Gasteiger partial charge in [-0.2, -0.15) is 0 Å². The molecule has 0 saturated carbocycles. The molecule has 1 rings (SSSR count). The number of amides is 1. The van der Waals surface area contributed by atoms with E-state index < -0.39 is 27.8 Å². The van der Waals surface area contributed by atoms with E-state index in [0.29, 0.717) is 11.4 Å². The predicted octanol–water partition coefficient (Wildman–Crippen LogP) is -0.0165. The highest BCUT2D eigenvalue weighted by molar-refractivity contribution is 7.90. The maximum Gasteiger partial charge on any atom is 0.328 e. The van der Waals surface area contributed by atoms with Crippen molar-refractivity contribution < 1.29 is 27.5 Å². The van der Waals surface area contributed by atoms with Gasteiger partial charge in [0.05, 0.1) is 25.7 Å². The average molecular weight is 344 g/mol. The van der Waals surface area contributed by atoms with Gasteiger partial charge in [0.2, 0.25) is 0 Å². The van der Waals surface area contributed by atoms with E-state index in [0.717, 1.165) is 13.4 Å². The number of esters is 1. The SMILES string of the molecule is COC(=O)[C@@H](CCS(C)(=O)=O)NC(=O)c1ccc(N)c(OC)c1. The van der Waals surface area contributed by atoms with Crippen LogP contribution in [0.1, 0.15) is 16.8 Å². The summed E-state index contributed by atoms with van der Waals surface area (Å²) >= 11 is 0. The van der Waals surface area contributed by atoms with E-state index in [4.69, 9.17) is 10.5 Å². The largest absolute Gasteiger partial charge is 0.495 e. The number of nitrogens with two attached hydrogens (primary N) is 1. The van der Waals surface area contributed by atoms with Gasteiger partial charge in [-0.3, -0.25) is 4.79 Å². The highest BCUT2D eigenvalue weighted by atomic mass is 32.2. The maximum atomic E-state index is 12.2. The first-order valence-electron chi connectivity index (χ1n) is 6.68. The lowest BCUT2D eigenvalue weighted by atomic mass is 10.1. The standard InChI is InChI=1S/C14H20N2O6S/c1-21-12-8-9(4-5-10(12)15)13(17)16-11(14(18)22-2)6-7-23(3,19)20/h4-5,8,11H,6-7,15H2,1-3H3,(H,16,17)/t11-/m1/s1. The monoisotopic (exact) mass is 344 g/mol. The van der Waals surface area contributed by atoms with Crippen molar-refractivity contribution in [2.75, 3.05) is 32.0 Å². The summed E-state index contributed by atoms with van der Waals surface area (Å²) in [5.41, 5.74) is 6.26. The fourth-order valence-corrected chi connectivity index (χ4v) is 2.48. The molecule has 1 aromatic rings. The molecule has 0 aliphatic heterocycles. The molecule has 1 aromatic carbocycles. The van der Waals surface area contributed by atoms with Crippen LogP contribution in [0.5, 0.6) is 5.75 Å². The lowest BCUT2D eigenvalue weighted by Gasteiger charge is -2.16. The minimum atomic E-state index is -3.27. The summed E-state index contributed by atoms with van der Waals surface area (Å²) in [5.74, 6) is -1.21. The molecule has 0 spiro atoms. The number of benzene rings is 1. The van der Waals surface area contributed by atoms with E-state index in [2.05, 4.69) is 10.1 Å². The summed E-state index contributed by atoms with van der Waals surface area (Å²) in [5, 5.41) is 2.45. The third-order valence-corrected chi connectivity index (χ3v) is 4.04. The Balaban J connectivity index is 2.90. The van der Waals surface area contributed by atoms with Gasteiger partial charge in [0.15, 0.2) is 0 Å². The lowest BCUT2D eigenvalue weighted by Crippen LogP contribution is -2.42. The number of carbonyl (C=O) groups is 2. The van der Waals surface area contributed by atoms with Crippen molar-refractivity contribution in [1.82, 2.24) is 5.32 Å². The first-order chi connectivity index (χ1) is 10.7. The number of ether oxygens (including phenoxy) is 2. The number of carbonyl (C=O) groups excluding carboxylic acids is 2. The van der Waals surface area contributed by atoms with Crippen molar-refractivity contribution in [2.24, 2.45) is 0 Å². The zero-order valence-corrected chi connectivity index (χ0v) is 14.0. The van der Waals surface area contributed by atoms with Crippen LogP contribution in [-0.4, -0.2) is 52.6 Å². The van der Waals surface area contributed by atoms with Crippen LogP contribution >= 0.6 is 0 Å². The van der Waals surface area contributed by atoms with Gasteiger partial charge >= 0.3 is 5.97 Å². The Labute approximate surface area is 134 Å². The molecule has 0 aliphatic carbocycles. The summed E-state index contributed by atoms with van der Waals surface area (Å²) < 4.78 is 32.1. The van der Waals surface area contributed by atoms with Gasteiger partial charge in [-0.05, 0) is 24.6 Å². The summed E-state index contributed by atoms with van der Waals surface area (Å²) in [6.45, 7) is 0. The van der Waals surface area contributed by atoms with Crippen LogP contribution in [0.25, 0.3) is 0 Å². The molecule has 0 radical (unpaired) electrons. The Bertz CT molecular complexity index is 687. The molecule has 0 saturated heterocycles. The molecule has 8 nitrogen and oxygen atoms in total. The topological polar surface area (TPSA) is 125 Å². The number of nitrogens with one attached hydrogen (secondary N) is 1. The fourth-order valence-electron chi connectivity index (χ4n) is 1.82. The van der Waals surface area contributed by atoms with Crippen LogP contribution in [0.15, 0.2) is 18.2 Å². The molecule has 1 atom stereocenters. The van der Waals surface area contributed by atoms with Crippen LogP contribution in [-0.2, 0) is 19.4 Å². The van der Waals surface area contributed by atoms with Crippen molar-refractivity contribution in [3.05, 3.63) is 23.8 Å². The highest BCUT2D eigenvalue weighted by Gasteiger charge is 2.24. The van der Waals surface area contributed by atoms with Gasteiger partial charge in [-0.15, -0.1) is 0 Å². The van der Waals surface area contributed by atoms with Gasteiger partial charge in [0.25, 0.3) is 5.91 Å². The zero-order chi connectivity index (χ0) is 17.6. The van der Waals surface area contributed by atoms with E-state index >= 15 is 0 Å². The first-order valence-corrected chi connectivity index (χ1v) is 8.74. The maximum absolute atomic E-state index is 12.2. The molecule has 1 amide bonds. The molecule has 0 fully saturated rings. The Morgan fingerprint density at radius 1 is 1.30 bits per heavy atom. The van der Waals surface area contributed by atoms with Crippen molar-refractivity contribution in [2.45, 2.75) is 12.5 Å². The van der Waals surface area contributed by atoms with Crippen LogP contribution < -0.4 is 15.8 Å². The van der Waals surface area contributed by atoms with E-state index in [1.807, 2.05) is 0 Å². The summed E-state index contributed by atoms with van der Waals surface area (Å²) in [7, 11) is -0.699. The Morgan fingerprint density at radius 2 is 1.96 bits per heavy atom. The number of hydrogen-bond donors (Lipinski definition) is 2. The van der Waals surface area contributed by atoms with Crippen molar-refractivity contribution in [1.29, 1.82) is 0 Å². The van der Waals surface area contributed by atoms with E-state index in [1.54, 1.807) is 0 Å². The third-order valence-electron chi connectivity index (χ3n) is 3.06. The lowest BCUT2D eigenvalue weighted by molar-refractivity contribution is -0.142. The highest BCUT2D eigenvalue weighted by Crippen LogP contribution is 2.22. The van der Waals surface area contributed by atoms with Crippen molar-refractivity contribution >= 4 is 27.4 Å². The molecule has 0 aromatic heterocycles.